The lowest BCUT2D eigenvalue weighted by atomic mass is 9.98. The highest BCUT2D eigenvalue weighted by Crippen LogP contribution is 2.13. The second-order valence-electron chi connectivity index (χ2n) is 3.82. The number of piperidine rings is 1. The Kier molecular flexibility index (Phi) is 5.60. The highest BCUT2D eigenvalue weighted by Gasteiger charge is 2.25. The van der Waals surface area contributed by atoms with Crippen LogP contribution in [0.1, 0.15) is 12.8 Å². The Morgan fingerprint density at radius 3 is 2.47 bits per heavy atom. The second kappa shape index (κ2) is 6.76. The summed E-state index contributed by atoms with van der Waals surface area (Å²) < 4.78 is 0. The molecule has 1 unspecified atom stereocenters. The molecule has 1 aliphatic rings. The van der Waals surface area contributed by atoms with E-state index in [0.717, 1.165) is 19.4 Å². The molecule has 0 aromatic heterocycles. The molecule has 1 fully saturated rings. The zero-order chi connectivity index (χ0) is 11.1. The molecule has 0 aliphatic carbocycles. The van der Waals surface area contributed by atoms with E-state index in [2.05, 4.69) is 5.32 Å². The molecular formula is C10H20N2O3. The minimum absolute atomic E-state index is 0.0110. The fraction of sp³-hybridized carbons (Fsp3) is 0.900. The van der Waals surface area contributed by atoms with Crippen LogP contribution in [0.4, 0.5) is 0 Å². The summed E-state index contributed by atoms with van der Waals surface area (Å²) >= 11 is 0. The van der Waals surface area contributed by atoms with Gasteiger partial charge in [-0.05, 0) is 19.4 Å². The van der Waals surface area contributed by atoms with Crippen molar-refractivity contribution < 1.29 is 15.0 Å². The molecule has 5 heteroatoms. The van der Waals surface area contributed by atoms with Gasteiger partial charge in [-0.15, -0.1) is 0 Å². The van der Waals surface area contributed by atoms with Gasteiger partial charge >= 0.3 is 0 Å². The van der Waals surface area contributed by atoms with Crippen molar-refractivity contribution in [2.75, 3.05) is 39.4 Å². The van der Waals surface area contributed by atoms with Crippen LogP contribution >= 0.6 is 0 Å². The van der Waals surface area contributed by atoms with Crippen molar-refractivity contribution >= 4 is 5.91 Å². The van der Waals surface area contributed by atoms with Gasteiger partial charge in [0.1, 0.15) is 0 Å². The maximum atomic E-state index is 11.9. The first-order chi connectivity index (χ1) is 7.29. The first kappa shape index (κ1) is 12.4. The predicted octanol–water partition coefficient (Wildman–Crippen LogP) is -1.20. The molecule has 0 saturated carbocycles. The number of carbonyl (C=O) groups excluding carboxylic acids is 1. The molecule has 0 aromatic rings. The topological polar surface area (TPSA) is 72.8 Å². The van der Waals surface area contributed by atoms with Crippen molar-refractivity contribution in [1.29, 1.82) is 0 Å². The van der Waals surface area contributed by atoms with Crippen molar-refractivity contribution in [1.82, 2.24) is 10.2 Å². The molecule has 1 atom stereocenters. The van der Waals surface area contributed by atoms with E-state index in [1.165, 1.54) is 4.90 Å². The Labute approximate surface area is 90.1 Å². The SMILES string of the molecule is O=C(C1CCCNC1)N(CCO)CCO. The monoisotopic (exact) mass is 216 g/mol. The number of hydrogen-bond acceptors (Lipinski definition) is 4. The van der Waals surface area contributed by atoms with Crippen molar-refractivity contribution in [3.8, 4) is 0 Å². The van der Waals surface area contributed by atoms with Crippen LogP contribution in [-0.2, 0) is 4.79 Å². The second-order valence-corrected chi connectivity index (χ2v) is 3.82. The van der Waals surface area contributed by atoms with Gasteiger partial charge in [-0.25, -0.2) is 0 Å². The largest absolute Gasteiger partial charge is 0.395 e. The van der Waals surface area contributed by atoms with E-state index in [9.17, 15) is 4.79 Å². The van der Waals surface area contributed by atoms with E-state index in [-0.39, 0.29) is 25.0 Å². The van der Waals surface area contributed by atoms with Crippen LogP contribution in [0, 0.1) is 5.92 Å². The molecule has 15 heavy (non-hydrogen) atoms. The van der Waals surface area contributed by atoms with Gasteiger partial charge in [-0.1, -0.05) is 0 Å². The molecule has 1 amide bonds. The van der Waals surface area contributed by atoms with Gasteiger partial charge in [-0.2, -0.15) is 0 Å². The van der Waals surface area contributed by atoms with Crippen LogP contribution in [0.2, 0.25) is 0 Å². The molecule has 1 aliphatic heterocycles. The summed E-state index contributed by atoms with van der Waals surface area (Å²) in [7, 11) is 0. The zero-order valence-corrected chi connectivity index (χ0v) is 8.98. The lowest BCUT2D eigenvalue weighted by molar-refractivity contribution is -0.137. The molecule has 1 heterocycles. The normalized spacial score (nSPS) is 21.3. The number of carbonyl (C=O) groups is 1. The Bertz CT molecular complexity index is 187. The van der Waals surface area contributed by atoms with Crippen LogP contribution in [0.25, 0.3) is 0 Å². The highest BCUT2D eigenvalue weighted by atomic mass is 16.3. The molecule has 0 aromatic carbocycles. The van der Waals surface area contributed by atoms with Crippen molar-refractivity contribution in [3.05, 3.63) is 0 Å². The molecule has 3 N–H and O–H groups in total. The quantitative estimate of drug-likeness (QED) is 0.540. The lowest BCUT2D eigenvalue weighted by Gasteiger charge is -2.28. The number of amides is 1. The smallest absolute Gasteiger partial charge is 0.227 e. The average molecular weight is 216 g/mol. The van der Waals surface area contributed by atoms with Gasteiger partial charge in [0.2, 0.25) is 5.91 Å². The number of aliphatic hydroxyl groups excluding tert-OH is 2. The van der Waals surface area contributed by atoms with Crippen LogP contribution in [0.5, 0.6) is 0 Å². The van der Waals surface area contributed by atoms with Crippen molar-refractivity contribution in [2.24, 2.45) is 5.92 Å². The first-order valence-electron chi connectivity index (χ1n) is 5.50. The fourth-order valence-electron chi connectivity index (χ4n) is 1.89. The number of hydrogen-bond donors (Lipinski definition) is 3. The third-order valence-corrected chi connectivity index (χ3v) is 2.70. The van der Waals surface area contributed by atoms with Crippen molar-refractivity contribution in [2.45, 2.75) is 12.8 Å². The van der Waals surface area contributed by atoms with Gasteiger partial charge in [0.15, 0.2) is 0 Å². The first-order valence-corrected chi connectivity index (χ1v) is 5.50. The minimum Gasteiger partial charge on any atom is -0.395 e. The summed E-state index contributed by atoms with van der Waals surface area (Å²) in [5.41, 5.74) is 0. The third kappa shape index (κ3) is 3.77. The van der Waals surface area contributed by atoms with Gasteiger partial charge < -0.3 is 20.4 Å². The molecule has 0 bridgehead atoms. The highest BCUT2D eigenvalue weighted by molar-refractivity contribution is 5.79. The van der Waals surface area contributed by atoms with Gasteiger partial charge in [0, 0.05) is 19.6 Å². The van der Waals surface area contributed by atoms with E-state index in [4.69, 9.17) is 10.2 Å². The van der Waals surface area contributed by atoms with Gasteiger partial charge in [0.25, 0.3) is 0 Å². The Morgan fingerprint density at radius 1 is 1.33 bits per heavy atom. The van der Waals surface area contributed by atoms with Crippen LogP contribution in [0.3, 0.4) is 0 Å². The van der Waals surface area contributed by atoms with Crippen LogP contribution in [-0.4, -0.2) is 60.4 Å². The van der Waals surface area contributed by atoms with E-state index in [1.807, 2.05) is 0 Å². The Morgan fingerprint density at radius 2 is 2.00 bits per heavy atom. The summed E-state index contributed by atoms with van der Waals surface area (Å²) in [6, 6.07) is 0. The number of aliphatic hydroxyl groups is 2. The van der Waals surface area contributed by atoms with E-state index >= 15 is 0 Å². The maximum absolute atomic E-state index is 11.9. The summed E-state index contributed by atoms with van der Waals surface area (Å²) in [5, 5.41) is 20.8. The average Bonchev–Trinajstić information content (AvgIpc) is 2.29. The third-order valence-electron chi connectivity index (χ3n) is 2.70. The standard InChI is InChI=1S/C10H20N2O3/c13-6-4-12(5-7-14)10(15)9-2-1-3-11-8-9/h9,11,13-14H,1-8H2. The van der Waals surface area contributed by atoms with Crippen molar-refractivity contribution in [3.63, 3.8) is 0 Å². The summed E-state index contributed by atoms with van der Waals surface area (Å²) in [6.45, 7) is 2.22. The minimum atomic E-state index is -0.0497. The molecule has 1 saturated heterocycles. The summed E-state index contributed by atoms with van der Waals surface area (Å²) in [5.74, 6) is 0.0575. The van der Waals surface area contributed by atoms with E-state index < -0.39 is 0 Å². The summed E-state index contributed by atoms with van der Waals surface area (Å²) in [4.78, 5) is 13.5. The number of nitrogens with one attached hydrogen (secondary N) is 1. The van der Waals surface area contributed by atoms with Gasteiger partial charge in [-0.3, -0.25) is 4.79 Å². The van der Waals surface area contributed by atoms with Crippen LogP contribution < -0.4 is 5.32 Å². The molecule has 0 radical (unpaired) electrons. The number of rotatable bonds is 5. The maximum Gasteiger partial charge on any atom is 0.227 e. The molecule has 5 nitrogen and oxygen atoms in total. The summed E-state index contributed by atoms with van der Waals surface area (Å²) in [6.07, 6.45) is 1.92. The Hall–Kier alpha value is -0.650. The molecule has 88 valence electrons. The molecular weight excluding hydrogens is 196 g/mol. The Balaban J connectivity index is 2.45. The van der Waals surface area contributed by atoms with E-state index in [0.29, 0.717) is 19.6 Å². The molecule has 0 spiro atoms. The molecule has 1 rings (SSSR count). The predicted molar refractivity (Wildman–Crippen MR) is 56.3 cm³/mol. The van der Waals surface area contributed by atoms with Crippen LogP contribution in [0.15, 0.2) is 0 Å². The van der Waals surface area contributed by atoms with E-state index in [1.54, 1.807) is 0 Å². The van der Waals surface area contributed by atoms with Gasteiger partial charge in [0.05, 0.1) is 19.1 Å². The lowest BCUT2D eigenvalue weighted by Crippen LogP contribution is -2.45. The fourth-order valence-corrected chi connectivity index (χ4v) is 1.89. The number of nitrogens with zero attached hydrogens (tertiary/aromatic N) is 1. The zero-order valence-electron chi connectivity index (χ0n) is 8.98.